The van der Waals surface area contributed by atoms with Gasteiger partial charge in [0.05, 0.1) is 23.8 Å². The molecule has 0 amide bonds. The van der Waals surface area contributed by atoms with E-state index in [2.05, 4.69) is 9.47 Å². The summed E-state index contributed by atoms with van der Waals surface area (Å²) in [5, 5.41) is 8.57. The summed E-state index contributed by atoms with van der Waals surface area (Å²) in [7, 11) is 0. The number of carbonyl (C=O) groups is 1. The predicted octanol–water partition coefficient (Wildman–Crippen LogP) is 2.98. The Morgan fingerprint density at radius 3 is 2.24 bits per heavy atom. The predicted molar refractivity (Wildman–Crippen MR) is 63.0 cm³/mol. The average Bonchev–Trinajstić information content (AvgIpc) is 2.42. The van der Waals surface area contributed by atoms with Crippen LogP contribution >= 0.6 is 0 Å². The molecule has 0 aliphatic carbocycles. The van der Waals surface area contributed by atoms with Crippen molar-refractivity contribution in [3.05, 3.63) is 35.4 Å². The van der Waals surface area contributed by atoms with Crippen molar-refractivity contribution in [1.82, 2.24) is 0 Å². The number of alkyl halides is 4. The molecule has 0 saturated carbocycles. The maximum Gasteiger partial charge on any atom is 0.419 e. The third-order valence-electron chi connectivity index (χ3n) is 2.36. The molecule has 0 radical (unpaired) electrons. The van der Waals surface area contributed by atoms with Crippen LogP contribution in [-0.2, 0) is 9.47 Å². The molecule has 114 valence electrons. The summed E-state index contributed by atoms with van der Waals surface area (Å²) in [6, 6.07) is 7.23. The van der Waals surface area contributed by atoms with Crippen LogP contribution in [0.25, 0.3) is 0 Å². The van der Waals surface area contributed by atoms with Crippen LogP contribution in [0.4, 0.5) is 17.6 Å². The summed E-state index contributed by atoms with van der Waals surface area (Å²) in [4.78, 5) is 11.5. The molecule has 0 bridgehead atoms. The molecule has 1 aromatic carbocycles. The molecule has 0 aromatic heterocycles. The van der Waals surface area contributed by atoms with E-state index in [0.29, 0.717) is 5.56 Å². The van der Waals surface area contributed by atoms with E-state index < -0.39 is 31.2 Å². The van der Waals surface area contributed by atoms with E-state index >= 15 is 0 Å². The quantitative estimate of drug-likeness (QED) is 0.460. The minimum absolute atomic E-state index is 0.0236. The Balaban J connectivity index is 2.42. The summed E-state index contributed by atoms with van der Waals surface area (Å²) in [6.07, 6.45) is -4.63. The Morgan fingerprint density at radius 1 is 1.19 bits per heavy atom. The molecule has 4 nitrogen and oxygen atoms in total. The fourth-order valence-electron chi connectivity index (χ4n) is 1.20. The number of hydrogen-bond donors (Lipinski definition) is 0. The first kappa shape index (κ1) is 16.9. The maximum absolute atomic E-state index is 12.7. The number of rotatable bonds is 6. The van der Waals surface area contributed by atoms with E-state index in [9.17, 15) is 22.4 Å². The number of benzene rings is 1. The van der Waals surface area contributed by atoms with Crippen molar-refractivity contribution in [3.8, 4) is 6.07 Å². The SMILES string of the molecule is CC(F)(F)C(F)(F)OCCOC(=O)c1ccc(C#N)cc1. The van der Waals surface area contributed by atoms with Crippen molar-refractivity contribution < 1.29 is 31.8 Å². The lowest BCUT2D eigenvalue weighted by molar-refractivity contribution is -0.342. The van der Waals surface area contributed by atoms with Crippen LogP contribution in [0.5, 0.6) is 0 Å². The number of esters is 1. The molecule has 0 aliphatic heterocycles. The number of halogens is 4. The molecule has 1 rings (SSSR count). The third kappa shape index (κ3) is 4.72. The highest BCUT2D eigenvalue weighted by molar-refractivity contribution is 5.89. The Kier molecular flexibility index (Phi) is 5.27. The van der Waals surface area contributed by atoms with Crippen LogP contribution in [-0.4, -0.2) is 31.2 Å². The van der Waals surface area contributed by atoms with Gasteiger partial charge in [-0.15, -0.1) is 0 Å². The minimum atomic E-state index is -4.63. The zero-order valence-corrected chi connectivity index (χ0v) is 10.9. The molecule has 0 fully saturated rings. The monoisotopic (exact) mass is 305 g/mol. The van der Waals surface area contributed by atoms with Gasteiger partial charge >= 0.3 is 18.0 Å². The highest BCUT2D eigenvalue weighted by atomic mass is 19.3. The van der Waals surface area contributed by atoms with E-state index in [1.807, 2.05) is 6.07 Å². The molecule has 0 aliphatic rings. The lowest BCUT2D eigenvalue weighted by Gasteiger charge is -2.22. The first-order valence-electron chi connectivity index (χ1n) is 5.74. The Morgan fingerprint density at radius 2 is 1.76 bits per heavy atom. The van der Waals surface area contributed by atoms with Gasteiger partial charge in [-0.05, 0) is 24.3 Å². The fraction of sp³-hybridized carbons (Fsp3) is 0.385. The van der Waals surface area contributed by atoms with Gasteiger partial charge in [0.1, 0.15) is 6.61 Å². The van der Waals surface area contributed by atoms with E-state index in [0.717, 1.165) is 0 Å². The molecule has 0 atom stereocenters. The van der Waals surface area contributed by atoms with Crippen LogP contribution < -0.4 is 0 Å². The maximum atomic E-state index is 12.7. The molecule has 1 aromatic rings. The van der Waals surface area contributed by atoms with Gasteiger partial charge in [-0.2, -0.15) is 22.8 Å². The van der Waals surface area contributed by atoms with E-state index in [-0.39, 0.29) is 12.5 Å². The van der Waals surface area contributed by atoms with E-state index in [4.69, 9.17) is 5.26 Å². The molecular formula is C13H11F4NO3. The molecule has 0 heterocycles. The molecule has 21 heavy (non-hydrogen) atoms. The number of hydrogen-bond acceptors (Lipinski definition) is 4. The lowest BCUT2D eigenvalue weighted by atomic mass is 10.1. The Labute approximate surface area is 117 Å². The van der Waals surface area contributed by atoms with Crippen molar-refractivity contribution in [2.75, 3.05) is 13.2 Å². The van der Waals surface area contributed by atoms with Gasteiger partial charge in [-0.25, -0.2) is 4.79 Å². The van der Waals surface area contributed by atoms with Crippen LogP contribution in [0.15, 0.2) is 24.3 Å². The molecule has 0 saturated heterocycles. The van der Waals surface area contributed by atoms with E-state index in [1.54, 1.807) is 0 Å². The Hall–Kier alpha value is -2.14. The second-order valence-corrected chi connectivity index (χ2v) is 4.08. The van der Waals surface area contributed by atoms with Gasteiger partial charge in [-0.1, -0.05) is 0 Å². The summed E-state index contributed by atoms with van der Waals surface area (Å²) >= 11 is 0. The topological polar surface area (TPSA) is 59.3 Å². The minimum Gasteiger partial charge on any atom is -0.460 e. The largest absolute Gasteiger partial charge is 0.460 e. The fourth-order valence-corrected chi connectivity index (χ4v) is 1.20. The second-order valence-electron chi connectivity index (χ2n) is 4.08. The number of ether oxygens (including phenoxy) is 2. The molecule has 0 spiro atoms. The van der Waals surface area contributed by atoms with E-state index in [1.165, 1.54) is 24.3 Å². The van der Waals surface area contributed by atoms with Gasteiger partial charge in [0, 0.05) is 6.92 Å². The number of nitriles is 1. The highest BCUT2D eigenvalue weighted by Crippen LogP contribution is 2.34. The molecule has 8 heteroatoms. The van der Waals surface area contributed by atoms with Gasteiger partial charge < -0.3 is 9.47 Å². The first-order chi connectivity index (χ1) is 9.67. The first-order valence-corrected chi connectivity index (χ1v) is 5.74. The molecule has 0 unspecified atom stereocenters. The van der Waals surface area contributed by atoms with Crippen molar-refractivity contribution in [3.63, 3.8) is 0 Å². The van der Waals surface area contributed by atoms with Crippen molar-refractivity contribution in [2.24, 2.45) is 0 Å². The standard InChI is InChI=1S/C13H11F4NO3/c1-12(14,15)13(16,17)21-7-6-20-11(19)10-4-2-9(8-18)3-5-10/h2-5H,6-7H2,1H3. The zero-order chi connectivity index (χ0) is 16.1. The summed E-state index contributed by atoms with van der Waals surface area (Å²) < 4.78 is 58.6. The van der Waals surface area contributed by atoms with Crippen molar-refractivity contribution in [2.45, 2.75) is 19.0 Å². The second kappa shape index (κ2) is 6.54. The van der Waals surface area contributed by atoms with Gasteiger partial charge in [-0.3, -0.25) is 0 Å². The summed E-state index contributed by atoms with van der Waals surface area (Å²) in [5.41, 5.74) is 0.432. The van der Waals surface area contributed by atoms with Gasteiger partial charge in [0.2, 0.25) is 0 Å². The smallest absolute Gasteiger partial charge is 0.419 e. The third-order valence-corrected chi connectivity index (χ3v) is 2.36. The molecule has 0 N–H and O–H groups in total. The number of carbonyl (C=O) groups excluding carboxylic acids is 1. The van der Waals surface area contributed by atoms with Gasteiger partial charge in [0.25, 0.3) is 0 Å². The van der Waals surface area contributed by atoms with Crippen molar-refractivity contribution >= 4 is 5.97 Å². The van der Waals surface area contributed by atoms with Gasteiger partial charge in [0.15, 0.2) is 0 Å². The summed E-state index contributed by atoms with van der Waals surface area (Å²) in [5.74, 6) is -5.17. The highest BCUT2D eigenvalue weighted by Gasteiger charge is 2.53. The molecular weight excluding hydrogens is 294 g/mol. The van der Waals surface area contributed by atoms with Crippen LogP contribution in [0.3, 0.4) is 0 Å². The lowest BCUT2D eigenvalue weighted by Crippen LogP contribution is -2.41. The van der Waals surface area contributed by atoms with Crippen LogP contribution in [0.1, 0.15) is 22.8 Å². The number of nitrogens with zero attached hydrogens (tertiary/aromatic N) is 1. The summed E-state index contributed by atoms with van der Waals surface area (Å²) in [6.45, 7) is -1.46. The Bertz CT molecular complexity index is 532. The van der Waals surface area contributed by atoms with Crippen molar-refractivity contribution in [1.29, 1.82) is 5.26 Å². The van der Waals surface area contributed by atoms with Crippen LogP contribution in [0.2, 0.25) is 0 Å². The zero-order valence-electron chi connectivity index (χ0n) is 10.9. The van der Waals surface area contributed by atoms with Crippen LogP contribution in [0, 0.1) is 11.3 Å². The normalized spacial score (nSPS) is 11.8. The average molecular weight is 305 g/mol.